The lowest BCUT2D eigenvalue weighted by molar-refractivity contribution is -0.118. The van der Waals surface area contributed by atoms with Crippen molar-refractivity contribution in [1.29, 1.82) is 0 Å². The first-order chi connectivity index (χ1) is 12.3. The number of aliphatic hydroxyl groups is 1. The summed E-state index contributed by atoms with van der Waals surface area (Å²) in [6.45, 7) is -0.250. The number of nitrogens with zero attached hydrogens (tertiary/aromatic N) is 1. The van der Waals surface area contributed by atoms with Crippen molar-refractivity contribution in [3.05, 3.63) is 78.6 Å². The van der Waals surface area contributed by atoms with Gasteiger partial charge in [0.2, 0.25) is 0 Å². The van der Waals surface area contributed by atoms with Gasteiger partial charge in [0.25, 0.3) is 5.91 Å². The minimum absolute atomic E-state index is 0.122. The SMILES string of the molecule is O=C(COc1ccc(CO)nc1)Nc1ccccc1-c1ccccc1. The predicted molar refractivity (Wildman–Crippen MR) is 96.2 cm³/mol. The van der Waals surface area contributed by atoms with Gasteiger partial charge in [-0.25, -0.2) is 0 Å². The van der Waals surface area contributed by atoms with Gasteiger partial charge in [0.15, 0.2) is 6.61 Å². The van der Waals surface area contributed by atoms with Crippen LogP contribution in [0.3, 0.4) is 0 Å². The number of para-hydroxylation sites is 1. The van der Waals surface area contributed by atoms with Gasteiger partial charge in [0, 0.05) is 11.3 Å². The van der Waals surface area contributed by atoms with Crippen LogP contribution < -0.4 is 10.1 Å². The first-order valence-corrected chi connectivity index (χ1v) is 7.89. The van der Waals surface area contributed by atoms with Crippen molar-refractivity contribution < 1.29 is 14.6 Å². The highest BCUT2D eigenvalue weighted by atomic mass is 16.5. The van der Waals surface area contributed by atoms with Crippen molar-refractivity contribution >= 4 is 11.6 Å². The molecule has 0 radical (unpaired) electrons. The molecule has 5 nitrogen and oxygen atoms in total. The number of amides is 1. The molecule has 0 unspecified atom stereocenters. The van der Waals surface area contributed by atoms with Crippen molar-refractivity contribution in [2.24, 2.45) is 0 Å². The number of pyridine rings is 1. The van der Waals surface area contributed by atoms with E-state index in [1.54, 1.807) is 12.1 Å². The topological polar surface area (TPSA) is 71.5 Å². The van der Waals surface area contributed by atoms with Crippen molar-refractivity contribution in [1.82, 2.24) is 4.98 Å². The number of anilines is 1. The summed E-state index contributed by atoms with van der Waals surface area (Å²) < 4.78 is 5.43. The molecule has 1 heterocycles. The molecule has 5 heteroatoms. The van der Waals surface area contributed by atoms with Crippen molar-refractivity contribution in [3.63, 3.8) is 0 Å². The summed E-state index contributed by atoms with van der Waals surface area (Å²) in [5, 5.41) is 11.8. The van der Waals surface area contributed by atoms with E-state index in [0.29, 0.717) is 11.4 Å². The van der Waals surface area contributed by atoms with Gasteiger partial charge in [0.05, 0.1) is 18.5 Å². The summed E-state index contributed by atoms with van der Waals surface area (Å²) in [5.41, 5.74) is 3.26. The Kier molecular flexibility index (Phi) is 5.39. The van der Waals surface area contributed by atoms with Crippen LogP contribution in [0.15, 0.2) is 72.9 Å². The number of aliphatic hydroxyl groups excluding tert-OH is 1. The van der Waals surface area contributed by atoms with Crippen LogP contribution in [0.2, 0.25) is 0 Å². The van der Waals surface area contributed by atoms with E-state index in [0.717, 1.165) is 16.8 Å². The zero-order chi connectivity index (χ0) is 17.5. The highest BCUT2D eigenvalue weighted by Gasteiger charge is 2.09. The highest BCUT2D eigenvalue weighted by molar-refractivity contribution is 5.96. The van der Waals surface area contributed by atoms with E-state index in [-0.39, 0.29) is 19.1 Å². The van der Waals surface area contributed by atoms with E-state index in [4.69, 9.17) is 9.84 Å². The predicted octanol–water partition coefficient (Wildman–Crippen LogP) is 3.26. The smallest absolute Gasteiger partial charge is 0.262 e. The summed E-state index contributed by atoms with van der Waals surface area (Å²) in [4.78, 5) is 16.2. The third kappa shape index (κ3) is 4.43. The highest BCUT2D eigenvalue weighted by Crippen LogP contribution is 2.27. The Morgan fingerprint density at radius 2 is 1.76 bits per heavy atom. The Hall–Kier alpha value is -3.18. The minimum Gasteiger partial charge on any atom is -0.482 e. The molecule has 0 aliphatic carbocycles. The molecule has 0 fully saturated rings. The van der Waals surface area contributed by atoms with Crippen molar-refractivity contribution in [2.45, 2.75) is 6.61 Å². The molecule has 1 aromatic heterocycles. The quantitative estimate of drug-likeness (QED) is 0.726. The molecule has 126 valence electrons. The summed E-state index contributed by atoms with van der Waals surface area (Å²) in [7, 11) is 0. The molecule has 1 amide bonds. The van der Waals surface area contributed by atoms with Gasteiger partial charge in [0.1, 0.15) is 5.75 Å². The van der Waals surface area contributed by atoms with Gasteiger partial charge in [-0.2, -0.15) is 0 Å². The number of hydrogen-bond acceptors (Lipinski definition) is 4. The second-order valence-corrected chi connectivity index (χ2v) is 5.39. The van der Waals surface area contributed by atoms with Gasteiger partial charge in [-0.05, 0) is 23.8 Å². The molecule has 25 heavy (non-hydrogen) atoms. The third-order valence-corrected chi connectivity index (χ3v) is 3.62. The molecule has 0 saturated heterocycles. The Bertz CT molecular complexity index is 833. The molecule has 3 rings (SSSR count). The van der Waals surface area contributed by atoms with E-state index >= 15 is 0 Å². The second-order valence-electron chi connectivity index (χ2n) is 5.39. The lowest BCUT2D eigenvalue weighted by Gasteiger charge is -2.12. The van der Waals surface area contributed by atoms with Crippen LogP contribution >= 0.6 is 0 Å². The molecule has 0 bridgehead atoms. The Labute approximate surface area is 145 Å². The Balaban J connectivity index is 1.65. The number of ether oxygens (including phenoxy) is 1. The average molecular weight is 334 g/mol. The van der Waals surface area contributed by atoms with Crippen molar-refractivity contribution in [3.8, 4) is 16.9 Å². The lowest BCUT2D eigenvalue weighted by atomic mass is 10.0. The number of nitrogens with one attached hydrogen (secondary N) is 1. The minimum atomic E-state index is -0.255. The molecule has 3 aromatic rings. The maximum atomic E-state index is 12.2. The van der Waals surface area contributed by atoms with Crippen LogP contribution in [-0.4, -0.2) is 22.6 Å². The monoisotopic (exact) mass is 334 g/mol. The molecular formula is C20H18N2O3. The molecule has 0 aliphatic heterocycles. The molecular weight excluding hydrogens is 316 g/mol. The van der Waals surface area contributed by atoms with E-state index in [9.17, 15) is 4.79 Å². The molecule has 2 N–H and O–H groups in total. The number of hydrogen-bond donors (Lipinski definition) is 2. The summed E-state index contributed by atoms with van der Waals surface area (Å²) >= 11 is 0. The fourth-order valence-corrected chi connectivity index (χ4v) is 2.39. The number of rotatable bonds is 6. The van der Waals surface area contributed by atoms with E-state index in [2.05, 4.69) is 10.3 Å². The maximum absolute atomic E-state index is 12.2. The van der Waals surface area contributed by atoms with E-state index in [1.807, 2.05) is 54.6 Å². The Morgan fingerprint density at radius 3 is 2.48 bits per heavy atom. The normalized spacial score (nSPS) is 10.3. The van der Waals surface area contributed by atoms with Crippen LogP contribution in [0.5, 0.6) is 5.75 Å². The Morgan fingerprint density at radius 1 is 1.00 bits per heavy atom. The van der Waals surface area contributed by atoms with Crippen LogP contribution in [0.25, 0.3) is 11.1 Å². The lowest BCUT2D eigenvalue weighted by Crippen LogP contribution is -2.20. The van der Waals surface area contributed by atoms with Gasteiger partial charge in [-0.1, -0.05) is 48.5 Å². The molecule has 0 aliphatic rings. The van der Waals surface area contributed by atoms with Crippen LogP contribution in [0, 0.1) is 0 Å². The zero-order valence-corrected chi connectivity index (χ0v) is 13.6. The average Bonchev–Trinajstić information content (AvgIpc) is 2.68. The summed E-state index contributed by atoms with van der Waals surface area (Å²) in [6, 6.07) is 20.8. The van der Waals surface area contributed by atoms with E-state index in [1.165, 1.54) is 6.20 Å². The molecule has 0 saturated carbocycles. The second kappa shape index (κ2) is 8.08. The number of benzene rings is 2. The zero-order valence-electron chi connectivity index (χ0n) is 13.6. The molecule has 0 spiro atoms. The fourth-order valence-electron chi connectivity index (χ4n) is 2.39. The van der Waals surface area contributed by atoms with Gasteiger partial charge in [-0.15, -0.1) is 0 Å². The number of aromatic nitrogens is 1. The first-order valence-electron chi connectivity index (χ1n) is 7.89. The standard InChI is InChI=1S/C20H18N2O3/c23-13-16-10-11-17(12-21-16)25-14-20(24)22-19-9-5-4-8-18(19)15-6-2-1-3-7-15/h1-12,23H,13-14H2,(H,22,24). The van der Waals surface area contributed by atoms with Crippen molar-refractivity contribution in [2.75, 3.05) is 11.9 Å². The number of carbonyl (C=O) groups excluding carboxylic acids is 1. The maximum Gasteiger partial charge on any atom is 0.262 e. The van der Waals surface area contributed by atoms with Crippen LogP contribution in [0.1, 0.15) is 5.69 Å². The number of carbonyl (C=O) groups is 1. The summed E-state index contributed by atoms with van der Waals surface area (Å²) in [5.74, 6) is 0.221. The van der Waals surface area contributed by atoms with Crippen LogP contribution in [0.4, 0.5) is 5.69 Å². The van der Waals surface area contributed by atoms with E-state index < -0.39 is 0 Å². The van der Waals surface area contributed by atoms with Gasteiger partial charge in [-0.3, -0.25) is 9.78 Å². The van der Waals surface area contributed by atoms with Gasteiger partial charge >= 0.3 is 0 Å². The third-order valence-electron chi connectivity index (χ3n) is 3.62. The molecule has 0 atom stereocenters. The molecule has 2 aromatic carbocycles. The van der Waals surface area contributed by atoms with Gasteiger partial charge < -0.3 is 15.2 Å². The largest absolute Gasteiger partial charge is 0.482 e. The first kappa shape index (κ1) is 16.7. The summed E-state index contributed by atoms with van der Waals surface area (Å²) in [6.07, 6.45) is 1.48. The fraction of sp³-hybridized carbons (Fsp3) is 0.100. The van der Waals surface area contributed by atoms with Crippen LogP contribution in [-0.2, 0) is 11.4 Å².